The van der Waals surface area contributed by atoms with Gasteiger partial charge in [0.25, 0.3) is 5.91 Å². The van der Waals surface area contributed by atoms with Crippen LogP contribution in [0.3, 0.4) is 0 Å². The molecule has 0 aliphatic rings. The van der Waals surface area contributed by atoms with E-state index in [1.165, 1.54) is 0 Å². The predicted molar refractivity (Wildman–Crippen MR) is 134 cm³/mol. The lowest BCUT2D eigenvalue weighted by Crippen LogP contribution is -2.31. The number of carbonyl (C=O) groups excluding carboxylic acids is 2. The summed E-state index contributed by atoms with van der Waals surface area (Å²) in [7, 11) is 1.91. The number of aryl methyl sites for hydroxylation is 1. The molecule has 0 saturated carbocycles. The van der Waals surface area contributed by atoms with Crippen LogP contribution < -0.4 is 9.88 Å². The lowest BCUT2D eigenvalue weighted by molar-refractivity contribution is -0.671. The molecule has 1 aromatic carbocycles. The van der Waals surface area contributed by atoms with E-state index in [4.69, 9.17) is 0 Å². The van der Waals surface area contributed by atoms with Gasteiger partial charge in [-0.05, 0) is 30.5 Å². The molecule has 1 amide bonds. The van der Waals surface area contributed by atoms with Crippen molar-refractivity contribution in [3.05, 3.63) is 103 Å². The smallest absolute Gasteiger partial charge is 0.252 e. The summed E-state index contributed by atoms with van der Waals surface area (Å²) in [6.45, 7) is 0. The number of ketones is 1. The summed E-state index contributed by atoms with van der Waals surface area (Å²) in [5, 5.41) is 3.14. The number of benzene rings is 1. The van der Waals surface area contributed by atoms with Gasteiger partial charge in [0.1, 0.15) is 18.6 Å². The van der Waals surface area contributed by atoms with Crippen molar-refractivity contribution in [1.82, 2.24) is 20.3 Å². The van der Waals surface area contributed by atoms with E-state index in [1.54, 1.807) is 36.7 Å². The highest BCUT2D eigenvalue weighted by Gasteiger charge is 2.19. The molecular formula is C28H30N5O2+. The molecule has 4 rings (SSSR count). The first-order valence-electron chi connectivity index (χ1n) is 11.9. The van der Waals surface area contributed by atoms with E-state index in [9.17, 15) is 9.59 Å². The van der Waals surface area contributed by atoms with E-state index in [1.807, 2.05) is 60.4 Å². The maximum Gasteiger partial charge on any atom is 0.252 e. The molecule has 35 heavy (non-hydrogen) atoms. The summed E-state index contributed by atoms with van der Waals surface area (Å²) in [5.74, 6) is 0.646. The van der Waals surface area contributed by atoms with Gasteiger partial charge in [-0.25, -0.2) is 9.55 Å². The molecule has 178 valence electrons. The molecule has 0 spiro atoms. The number of hydrogen-bond donors (Lipinski definition) is 2. The molecule has 0 unspecified atom stereocenters. The highest BCUT2D eigenvalue weighted by Crippen LogP contribution is 2.23. The number of unbranched alkanes of at least 4 members (excludes halogenated alkanes) is 2. The molecule has 0 aliphatic heterocycles. The Kier molecular flexibility index (Phi) is 8.12. The van der Waals surface area contributed by atoms with Crippen LogP contribution in [-0.4, -0.2) is 26.6 Å². The number of Topliss-reactive ketones (excluding diaryl/α,β-unsaturated/α-hetero) is 1. The summed E-state index contributed by atoms with van der Waals surface area (Å²) in [6.07, 6.45) is 10.8. The zero-order valence-corrected chi connectivity index (χ0v) is 19.9. The number of hydrogen-bond acceptors (Lipinski definition) is 4. The molecule has 1 atom stereocenters. The number of aromatic nitrogens is 4. The van der Waals surface area contributed by atoms with Crippen molar-refractivity contribution in [2.75, 3.05) is 0 Å². The first-order chi connectivity index (χ1) is 17.1. The highest BCUT2D eigenvalue weighted by atomic mass is 16.1. The molecule has 0 radical (unpaired) electrons. The Morgan fingerprint density at radius 3 is 2.46 bits per heavy atom. The van der Waals surface area contributed by atoms with Gasteiger partial charge in [0.2, 0.25) is 0 Å². The van der Waals surface area contributed by atoms with Gasteiger partial charge in [-0.2, -0.15) is 0 Å². The number of imidazole rings is 1. The second-order valence-corrected chi connectivity index (χ2v) is 8.56. The van der Waals surface area contributed by atoms with Gasteiger partial charge in [0.05, 0.1) is 23.5 Å². The van der Waals surface area contributed by atoms with E-state index < -0.39 is 0 Å². The van der Waals surface area contributed by atoms with E-state index in [0.717, 1.165) is 36.3 Å². The molecular weight excluding hydrogens is 438 g/mol. The number of H-pyrrole nitrogens is 1. The average molecular weight is 469 g/mol. The third kappa shape index (κ3) is 6.69. The van der Waals surface area contributed by atoms with Crippen LogP contribution in [0.15, 0.2) is 85.5 Å². The van der Waals surface area contributed by atoms with Gasteiger partial charge >= 0.3 is 0 Å². The van der Waals surface area contributed by atoms with Crippen molar-refractivity contribution in [3.8, 4) is 11.3 Å². The van der Waals surface area contributed by atoms with Crippen LogP contribution in [0.5, 0.6) is 0 Å². The lowest BCUT2D eigenvalue weighted by atomic mass is 10.0. The zero-order chi connectivity index (χ0) is 24.5. The summed E-state index contributed by atoms with van der Waals surface area (Å²) >= 11 is 0. The summed E-state index contributed by atoms with van der Waals surface area (Å²) in [5.41, 5.74) is 3.06. The number of nitrogens with one attached hydrogen (secondary N) is 2. The number of nitrogens with zero attached hydrogens (tertiary/aromatic N) is 3. The molecule has 0 aliphatic carbocycles. The minimum Gasteiger partial charge on any atom is -0.342 e. The fourth-order valence-electron chi connectivity index (χ4n) is 3.92. The van der Waals surface area contributed by atoms with Gasteiger partial charge in [-0.1, -0.05) is 49.2 Å². The number of carbonyl (C=O) groups is 2. The molecule has 3 aromatic heterocycles. The molecule has 2 N–H and O–H groups in total. The standard InChI is InChI=1S/C28H29N5O2/c1-33-18-15-22(16-19-33)28(35)32-24(27-30-20-25(31-27)21-10-4-2-5-11-21)13-6-3-7-14-26(34)23-12-8-9-17-29-23/h2,4-5,8-12,15-20,24H,3,6-7,13-14H2,1H3,(H-,30,31,32,35)/p+1/t24-/m0/s1. The second kappa shape index (κ2) is 11.8. The topological polar surface area (TPSA) is 91.6 Å². The largest absolute Gasteiger partial charge is 0.342 e. The number of amides is 1. The Morgan fingerprint density at radius 2 is 1.71 bits per heavy atom. The van der Waals surface area contributed by atoms with E-state index in [2.05, 4.69) is 20.3 Å². The molecule has 3 heterocycles. The molecule has 0 saturated heterocycles. The van der Waals surface area contributed by atoms with Crippen LogP contribution in [0.25, 0.3) is 11.3 Å². The monoisotopic (exact) mass is 468 g/mol. The van der Waals surface area contributed by atoms with Crippen LogP contribution in [-0.2, 0) is 7.05 Å². The maximum atomic E-state index is 12.9. The van der Waals surface area contributed by atoms with Gasteiger partial charge < -0.3 is 10.3 Å². The molecule has 7 nitrogen and oxygen atoms in total. The summed E-state index contributed by atoms with van der Waals surface area (Å²) in [6, 6.07) is 18.7. The average Bonchev–Trinajstić information content (AvgIpc) is 3.39. The Labute approximate surface area is 205 Å². The van der Waals surface area contributed by atoms with Crippen LogP contribution in [0, 0.1) is 0 Å². The molecule has 4 aromatic rings. The Hall–Kier alpha value is -4.13. The summed E-state index contributed by atoms with van der Waals surface area (Å²) in [4.78, 5) is 37.3. The zero-order valence-electron chi connectivity index (χ0n) is 19.9. The van der Waals surface area contributed by atoms with Gasteiger partial charge in [0, 0.05) is 24.8 Å². The van der Waals surface area contributed by atoms with Gasteiger partial charge in [-0.15, -0.1) is 0 Å². The highest BCUT2D eigenvalue weighted by molar-refractivity contribution is 5.94. The van der Waals surface area contributed by atoms with Crippen LogP contribution >= 0.6 is 0 Å². The Morgan fingerprint density at radius 1 is 0.943 bits per heavy atom. The van der Waals surface area contributed by atoms with Crippen molar-refractivity contribution in [1.29, 1.82) is 0 Å². The lowest BCUT2D eigenvalue weighted by Gasteiger charge is -2.17. The molecule has 0 fully saturated rings. The van der Waals surface area contributed by atoms with Crippen molar-refractivity contribution in [2.24, 2.45) is 7.05 Å². The van der Waals surface area contributed by atoms with Crippen molar-refractivity contribution < 1.29 is 14.2 Å². The van der Waals surface area contributed by atoms with Crippen molar-refractivity contribution in [3.63, 3.8) is 0 Å². The van der Waals surface area contributed by atoms with Crippen molar-refractivity contribution >= 4 is 11.7 Å². The minimum absolute atomic E-state index is 0.0613. The number of aromatic amines is 1. The normalized spacial score (nSPS) is 11.7. The van der Waals surface area contributed by atoms with Crippen LogP contribution in [0.2, 0.25) is 0 Å². The van der Waals surface area contributed by atoms with Gasteiger partial charge in [-0.3, -0.25) is 14.6 Å². The summed E-state index contributed by atoms with van der Waals surface area (Å²) < 4.78 is 1.89. The Bertz CT molecular complexity index is 1240. The third-order valence-electron chi connectivity index (χ3n) is 5.90. The van der Waals surface area contributed by atoms with Crippen LogP contribution in [0.4, 0.5) is 0 Å². The Balaban J connectivity index is 1.39. The maximum absolute atomic E-state index is 12.9. The minimum atomic E-state index is -0.264. The van der Waals surface area contributed by atoms with E-state index in [-0.39, 0.29) is 17.7 Å². The fourth-order valence-corrected chi connectivity index (χ4v) is 3.92. The van der Waals surface area contributed by atoms with Crippen molar-refractivity contribution in [2.45, 2.75) is 38.1 Å². The fraction of sp³-hybridized carbons (Fsp3) is 0.250. The quantitative estimate of drug-likeness (QED) is 0.191. The van der Waals surface area contributed by atoms with E-state index in [0.29, 0.717) is 24.1 Å². The molecule has 7 heteroatoms. The first kappa shape index (κ1) is 24.0. The van der Waals surface area contributed by atoms with Gasteiger partial charge in [0.15, 0.2) is 18.2 Å². The molecule has 0 bridgehead atoms. The predicted octanol–water partition coefficient (Wildman–Crippen LogP) is 4.60. The first-order valence-corrected chi connectivity index (χ1v) is 11.9. The number of rotatable bonds is 11. The third-order valence-corrected chi connectivity index (χ3v) is 5.90. The second-order valence-electron chi connectivity index (χ2n) is 8.56. The van der Waals surface area contributed by atoms with Crippen LogP contribution in [0.1, 0.15) is 64.8 Å². The number of pyridine rings is 2. The van der Waals surface area contributed by atoms with E-state index >= 15 is 0 Å². The SMILES string of the molecule is C[n+]1ccc(C(=O)N[C@@H](CCCCCC(=O)c2ccccn2)c2ncc(-c3ccccc3)[nH]2)cc1.